The molecule has 0 spiro atoms. The molecule has 0 atom stereocenters. The topological polar surface area (TPSA) is 39.7 Å². The summed E-state index contributed by atoms with van der Waals surface area (Å²) in [6.07, 6.45) is 2.23. The molecular weight excluding hydrogens is 454 g/mol. The Balaban J connectivity index is 0.00000312. The van der Waals surface area contributed by atoms with E-state index < -0.39 is 5.82 Å². The van der Waals surface area contributed by atoms with Gasteiger partial charge in [-0.15, -0.1) is 24.0 Å². The Morgan fingerprint density at radius 1 is 1.36 bits per heavy atom. The monoisotopic (exact) mass is 482 g/mol. The molecule has 1 fully saturated rings. The molecule has 7 heteroatoms. The van der Waals surface area contributed by atoms with Crippen LogP contribution in [0.5, 0.6) is 0 Å². The fraction of sp³-hybridized carbons (Fsp3) is 0.611. The SMILES string of the molecule is CCNC(=NCc1ccc(F)c(Cl)c1)NC1CCN(C(C)C)CC1.I. The average molecular weight is 483 g/mol. The van der Waals surface area contributed by atoms with Gasteiger partial charge in [-0.3, -0.25) is 0 Å². The molecule has 2 rings (SSSR count). The summed E-state index contributed by atoms with van der Waals surface area (Å²) in [5.41, 5.74) is 0.897. The second kappa shape index (κ2) is 11.2. The smallest absolute Gasteiger partial charge is 0.191 e. The lowest BCUT2D eigenvalue weighted by Gasteiger charge is -2.35. The molecule has 1 saturated heterocycles. The van der Waals surface area contributed by atoms with Crippen LogP contribution >= 0.6 is 35.6 Å². The lowest BCUT2D eigenvalue weighted by atomic mass is 10.0. The van der Waals surface area contributed by atoms with Gasteiger partial charge in [0.05, 0.1) is 11.6 Å². The molecule has 1 heterocycles. The summed E-state index contributed by atoms with van der Waals surface area (Å²) in [6, 6.07) is 5.78. The second-order valence-corrected chi connectivity index (χ2v) is 6.90. The normalized spacial score (nSPS) is 16.6. The molecule has 1 aliphatic rings. The molecule has 0 bridgehead atoms. The lowest BCUT2D eigenvalue weighted by molar-refractivity contribution is 0.167. The van der Waals surface area contributed by atoms with Gasteiger partial charge in [-0.05, 0) is 51.3 Å². The molecule has 0 radical (unpaired) electrons. The van der Waals surface area contributed by atoms with Crippen molar-refractivity contribution >= 4 is 41.5 Å². The zero-order chi connectivity index (χ0) is 17.5. The molecule has 1 aromatic carbocycles. The maximum atomic E-state index is 13.2. The van der Waals surface area contributed by atoms with Gasteiger partial charge in [-0.2, -0.15) is 0 Å². The van der Waals surface area contributed by atoms with Gasteiger partial charge in [-0.1, -0.05) is 17.7 Å². The summed E-state index contributed by atoms with van der Waals surface area (Å²) >= 11 is 5.83. The highest BCUT2D eigenvalue weighted by Gasteiger charge is 2.21. The highest BCUT2D eigenvalue weighted by Crippen LogP contribution is 2.17. The third-order valence-electron chi connectivity index (χ3n) is 4.35. The Morgan fingerprint density at radius 2 is 2.04 bits per heavy atom. The van der Waals surface area contributed by atoms with E-state index in [1.807, 2.05) is 6.92 Å². The van der Waals surface area contributed by atoms with Crippen molar-refractivity contribution in [2.75, 3.05) is 19.6 Å². The van der Waals surface area contributed by atoms with Gasteiger partial charge >= 0.3 is 0 Å². The first-order valence-electron chi connectivity index (χ1n) is 8.72. The van der Waals surface area contributed by atoms with Crippen molar-refractivity contribution in [2.45, 2.75) is 52.2 Å². The molecule has 1 aromatic rings. The van der Waals surface area contributed by atoms with Crippen molar-refractivity contribution in [3.05, 3.63) is 34.6 Å². The predicted molar refractivity (Wildman–Crippen MR) is 115 cm³/mol. The van der Waals surface area contributed by atoms with Gasteiger partial charge in [0.2, 0.25) is 0 Å². The number of guanidine groups is 1. The number of hydrogen-bond acceptors (Lipinski definition) is 2. The summed E-state index contributed by atoms with van der Waals surface area (Å²) < 4.78 is 13.2. The van der Waals surface area contributed by atoms with E-state index in [9.17, 15) is 4.39 Å². The number of halogens is 3. The molecule has 4 nitrogen and oxygen atoms in total. The summed E-state index contributed by atoms with van der Waals surface area (Å²) in [5, 5.41) is 6.94. The quantitative estimate of drug-likeness (QED) is 0.378. The van der Waals surface area contributed by atoms with E-state index >= 15 is 0 Å². The zero-order valence-electron chi connectivity index (χ0n) is 15.2. The van der Waals surface area contributed by atoms with Crippen molar-refractivity contribution < 1.29 is 4.39 Å². The maximum Gasteiger partial charge on any atom is 0.191 e. The van der Waals surface area contributed by atoms with E-state index in [2.05, 4.69) is 34.4 Å². The largest absolute Gasteiger partial charge is 0.357 e. The fourth-order valence-electron chi connectivity index (χ4n) is 2.88. The third-order valence-corrected chi connectivity index (χ3v) is 4.64. The average Bonchev–Trinajstić information content (AvgIpc) is 2.56. The summed E-state index contributed by atoms with van der Waals surface area (Å²) in [5.74, 6) is 0.410. The third kappa shape index (κ3) is 7.27. The number of benzene rings is 1. The van der Waals surface area contributed by atoms with Crippen molar-refractivity contribution in [3.63, 3.8) is 0 Å². The highest BCUT2D eigenvalue weighted by molar-refractivity contribution is 14.0. The molecule has 142 valence electrons. The molecule has 0 saturated carbocycles. The van der Waals surface area contributed by atoms with E-state index in [1.54, 1.807) is 12.1 Å². The number of nitrogens with one attached hydrogen (secondary N) is 2. The van der Waals surface area contributed by atoms with Gasteiger partial charge in [0.25, 0.3) is 0 Å². The van der Waals surface area contributed by atoms with E-state index in [0.717, 1.165) is 44.0 Å². The molecule has 0 amide bonds. The van der Waals surface area contributed by atoms with Crippen LogP contribution in [0.1, 0.15) is 39.2 Å². The summed E-state index contributed by atoms with van der Waals surface area (Å²) in [7, 11) is 0. The Labute approximate surface area is 172 Å². The lowest BCUT2D eigenvalue weighted by Crippen LogP contribution is -2.49. The molecule has 2 N–H and O–H groups in total. The molecular formula is C18H29ClFIN4. The second-order valence-electron chi connectivity index (χ2n) is 6.49. The van der Waals surface area contributed by atoms with Crippen LogP contribution in [0.4, 0.5) is 4.39 Å². The Morgan fingerprint density at radius 3 is 2.60 bits per heavy atom. The fourth-order valence-corrected chi connectivity index (χ4v) is 3.09. The molecule has 0 aromatic heterocycles. The molecule has 1 aliphatic heterocycles. The molecule has 25 heavy (non-hydrogen) atoms. The minimum atomic E-state index is -0.397. The highest BCUT2D eigenvalue weighted by atomic mass is 127. The van der Waals surface area contributed by atoms with Gasteiger partial charge in [-0.25, -0.2) is 9.38 Å². The van der Waals surface area contributed by atoms with Crippen LogP contribution in [0.2, 0.25) is 5.02 Å². The van der Waals surface area contributed by atoms with Crippen LogP contribution in [0, 0.1) is 5.82 Å². The van der Waals surface area contributed by atoms with E-state index in [-0.39, 0.29) is 29.0 Å². The van der Waals surface area contributed by atoms with Gasteiger partial charge < -0.3 is 15.5 Å². The first-order valence-corrected chi connectivity index (χ1v) is 9.10. The van der Waals surface area contributed by atoms with Crippen LogP contribution in [-0.4, -0.2) is 42.6 Å². The van der Waals surface area contributed by atoms with Gasteiger partial charge in [0, 0.05) is 31.7 Å². The van der Waals surface area contributed by atoms with E-state index in [4.69, 9.17) is 11.6 Å². The van der Waals surface area contributed by atoms with Crippen LogP contribution < -0.4 is 10.6 Å². The van der Waals surface area contributed by atoms with Crippen LogP contribution in [0.15, 0.2) is 23.2 Å². The molecule has 0 aliphatic carbocycles. The number of aliphatic imine (C=N–C) groups is 1. The maximum absolute atomic E-state index is 13.2. The molecule has 0 unspecified atom stereocenters. The Hall–Kier alpha value is -0.600. The standard InChI is InChI=1S/C18H28ClFN4.HI/c1-4-21-18(22-12-14-5-6-17(20)16(19)11-14)23-15-7-9-24(10-8-15)13(2)3;/h5-6,11,13,15H,4,7-10,12H2,1-3H3,(H2,21,22,23);1H. The first kappa shape index (κ1) is 22.4. The van der Waals surface area contributed by atoms with Crippen molar-refractivity contribution in [1.82, 2.24) is 15.5 Å². The minimum Gasteiger partial charge on any atom is -0.357 e. The zero-order valence-corrected chi connectivity index (χ0v) is 18.3. The number of nitrogens with zero attached hydrogens (tertiary/aromatic N) is 2. The number of rotatable bonds is 5. The van der Waals surface area contributed by atoms with Crippen molar-refractivity contribution in [2.24, 2.45) is 4.99 Å². The van der Waals surface area contributed by atoms with Gasteiger partial charge in [0.1, 0.15) is 5.82 Å². The van der Waals surface area contributed by atoms with Crippen LogP contribution in [-0.2, 0) is 6.54 Å². The predicted octanol–water partition coefficient (Wildman–Crippen LogP) is 4.03. The number of hydrogen-bond donors (Lipinski definition) is 2. The first-order chi connectivity index (χ1) is 11.5. The van der Waals surface area contributed by atoms with Crippen molar-refractivity contribution in [3.8, 4) is 0 Å². The van der Waals surface area contributed by atoms with Crippen LogP contribution in [0.25, 0.3) is 0 Å². The summed E-state index contributed by atoms with van der Waals surface area (Å²) in [6.45, 7) is 10.0. The Kier molecular flexibility index (Phi) is 10.0. The van der Waals surface area contributed by atoms with Crippen molar-refractivity contribution in [1.29, 1.82) is 0 Å². The van der Waals surface area contributed by atoms with Gasteiger partial charge in [0.15, 0.2) is 5.96 Å². The van der Waals surface area contributed by atoms with E-state index in [0.29, 0.717) is 18.6 Å². The number of piperidine rings is 1. The summed E-state index contributed by atoms with van der Waals surface area (Å²) in [4.78, 5) is 7.11. The van der Waals surface area contributed by atoms with E-state index in [1.165, 1.54) is 6.07 Å². The van der Waals surface area contributed by atoms with Crippen LogP contribution in [0.3, 0.4) is 0 Å². The number of likely N-dealkylation sites (tertiary alicyclic amines) is 1. The minimum absolute atomic E-state index is 0. The Bertz CT molecular complexity index is 560.